The molecule has 1 amide bonds. The Morgan fingerprint density at radius 1 is 1.11 bits per heavy atom. The lowest BCUT2D eigenvalue weighted by molar-refractivity contribution is 0.0944. The fourth-order valence-electron chi connectivity index (χ4n) is 2.84. The largest absolute Gasteiger partial charge is 0.508 e. The van der Waals surface area contributed by atoms with Crippen LogP contribution in [0.2, 0.25) is 0 Å². The highest BCUT2D eigenvalue weighted by Gasteiger charge is 2.13. The molecule has 2 aromatic carbocycles. The SMILES string of the molecule is Cc1cccc(N=c2oc3cc(O)ccc3cc2C(=O)NCc2ccco2)c1. The van der Waals surface area contributed by atoms with E-state index >= 15 is 0 Å². The molecule has 0 saturated heterocycles. The molecule has 2 heterocycles. The highest BCUT2D eigenvalue weighted by Crippen LogP contribution is 2.20. The Bertz CT molecular complexity index is 1210. The summed E-state index contributed by atoms with van der Waals surface area (Å²) in [4.78, 5) is 17.3. The number of carbonyl (C=O) groups excluding carboxylic acids is 1. The van der Waals surface area contributed by atoms with Crippen molar-refractivity contribution in [3.63, 3.8) is 0 Å². The van der Waals surface area contributed by atoms with Crippen LogP contribution in [0.4, 0.5) is 5.69 Å². The molecule has 6 nitrogen and oxygen atoms in total. The molecule has 140 valence electrons. The summed E-state index contributed by atoms with van der Waals surface area (Å²) in [5, 5.41) is 13.2. The molecule has 0 bridgehead atoms. The second-order valence-electron chi connectivity index (χ2n) is 6.40. The van der Waals surface area contributed by atoms with Crippen LogP contribution in [0.1, 0.15) is 21.7 Å². The van der Waals surface area contributed by atoms with E-state index in [0.717, 1.165) is 5.56 Å². The molecule has 0 radical (unpaired) electrons. The first-order valence-electron chi connectivity index (χ1n) is 8.77. The second kappa shape index (κ2) is 7.44. The molecule has 2 N–H and O–H groups in total. The molecule has 0 unspecified atom stereocenters. The number of hydrogen-bond donors (Lipinski definition) is 2. The minimum Gasteiger partial charge on any atom is -0.508 e. The van der Waals surface area contributed by atoms with Gasteiger partial charge in [-0.2, -0.15) is 0 Å². The number of nitrogens with one attached hydrogen (secondary N) is 1. The van der Waals surface area contributed by atoms with E-state index in [-0.39, 0.29) is 23.8 Å². The van der Waals surface area contributed by atoms with Crippen LogP contribution in [0.3, 0.4) is 0 Å². The zero-order valence-corrected chi connectivity index (χ0v) is 15.2. The third kappa shape index (κ3) is 3.81. The highest BCUT2D eigenvalue weighted by atomic mass is 16.3. The Hall–Kier alpha value is -3.80. The first-order chi connectivity index (χ1) is 13.6. The van der Waals surface area contributed by atoms with Gasteiger partial charge in [0, 0.05) is 11.5 Å². The summed E-state index contributed by atoms with van der Waals surface area (Å²) in [7, 11) is 0. The summed E-state index contributed by atoms with van der Waals surface area (Å²) in [5.41, 5.74) is 2.62. The molecule has 6 heteroatoms. The van der Waals surface area contributed by atoms with Crippen LogP contribution in [0.5, 0.6) is 5.75 Å². The number of aromatic hydroxyl groups is 1. The van der Waals surface area contributed by atoms with E-state index in [0.29, 0.717) is 28.0 Å². The minimum atomic E-state index is -0.332. The lowest BCUT2D eigenvalue weighted by atomic mass is 10.1. The van der Waals surface area contributed by atoms with Gasteiger partial charge >= 0.3 is 0 Å². The minimum absolute atomic E-state index is 0.0766. The number of rotatable bonds is 4. The third-order valence-electron chi connectivity index (χ3n) is 4.21. The van der Waals surface area contributed by atoms with E-state index < -0.39 is 0 Å². The molecule has 0 aliphatic heterocycles. The predicted molar refractivity (Wildman–Crippen MR) is 104 cm³/mol. The summed E-state index contributed by atoms with van der Waals surface area (Å²) in [6.07, 6.45) is 1.55. The van der Waals surface area contributed by atoms with Crippen molar-refractivity contribution in [2.75, 3.05) is 0 Å². The normalized spacial score (nSPS) is 11.7. The average molecular weight is 374 g/mol. The molecule has 4 aromatic rings. The standard InChI is InChI=1S/C22H18N2O4/c1-14-4-2-5-16(10-14)24-22-19(21(26)23-13-18-6-3-9-27-18)11-15-7-8-17(25)12-20(15)28-22/h2-12,25H,13H2,1H3,(H,23,26). The Morgan fingerprint density at radius 3 is 2.79 bits per heavy atom. The van der Waals surface area contributed by atoms with E-state index in [1.165, 1.54) is 6.07 Å². The zero-order chi connectivity index (χ0) is 19.5. The summed E-state index contributed by atoms with van der Waals surface area (Å²) >= 11 is 0. The molecule has 0 aliphatic rings. The van der Waals surface area contributed by atoms with E-state index in [9.17, 15) is 9.90 Å². The highest BCUT2D eigenvalue weighted by molar-refractivity contribution is 5.96. The smallest absolute Gasteiger partial charge is 0.257 e. The van der Waals surface area contributed by atoms with Crippen LogP contribution in [0.15, 0.2) is 80.8 Å². The third-order valence-corrected chi connectivity index (χ3v) is 4.21. The van der Waals surface area contributed by atoms with Crippen LogP contribution < -0.4 is 10.9 Å². The van der Waals surface area contributed by atoms with E-state index in [1.54, 1.807) is 36.6 Å². The topological polar surface area (TPSA) is 88.0 Å². The van der Waals surface area contributed by atoms with Crippen molar-refractivity contribution in [3.8, 4) is 5.75 Å². The van der Waals surface area contributed by atoms with Gasteiger partial charge in [-0.1, -0.05) is 12.1 Å². The number of benzene rings is 2. The summed E-state index contributed by atoms with van der Waals surface area (Å²) in [6, 6.07) is 17.5. The maximum atomic E-state index is 12.8. The molecule has 0 fully saturated rings. The Balaban J connectivity index is 1.80. The number of aryl methyl sites for hydroxylation is 1. The Morgan fingerprint density at radius 2 is 2.00 bits per heavy atom. The summed E-state index contributed by atoms with van der Waals surface area (Å²) in [5.74, 6) is 0.391. The van der Waals surface area contributed by atoms with Gasteiger partial charge in [0.2, 0.25) is 5.55 Å². The average Bonchev–Trinajstić information content (AvgIpc) is 3.19. The summed E-state index contributed by atoms with van der Waals surface area (Å²) in [6.45, 7) is 2.22. The molecule has 0 spiro atoms. The van der Waals surface area contributed by atoms with Crippen LogP contribution in [-0.4, -0.2) is 11.0 Å². The number of nitrogens with zero attached hydrogens (tertiary/aromatic N) is 1. The second-order valence-corrected chi connectivity index (χ2v) is 6.40. The van der Waals surface area contributed by atoms with E-state index in [1.807, 2.05) is 31.2 Å². The van der Waals surface area contributed by atoms with Crippen molar-refractivity contribution >= 4 is 22.6 Å². The quantitative estimate of drug-likeness (QED) is 0.560. The van der Waals surface area contributed by atoms with Gasteiger partial charge in [0.25, 0.3) is 5.91 Å². The Labute approximate surface area is 160 Å². The molecule has 28 heavy (non-hydrogen) atoms. The van der Waals surface area contributed by atoms with Crippen molar-refractivity contribution in [2.45, 2.75) is 13.5 Å². The van der Waals surface area contributed by atoms with Crippen molar-refractivity contribution in [1.82, 2.24) is 5.32 Å². The monoisotopic (exact) mass is 374 g/mol. The molecular weight excluding hydrogens is 356 g/mol. The van der Waals surface area contributed by atoms with Crippen molar-refractivity contribution in [2.24, 2.45) is 4.99 Å². The number of hydrogen-bond acceptors (Lipinski definition) is 5. The summed E-state index contributed by atoms with van der Waals surface area (Å²) < 4.78 is 11.1. The predicted octanol–water partition coefficient (Wildman–Crippen LogP) is 4.20. The molecule has 0 atom stereocenters. The number of fused-ring (bicyclic) bond motifs is 1. The number of furan rings is 1. The molecule has 2 aromatic heterocycles. The van der Waals surface area contributed by atoms with Gasteiger partial charge in [-0.25, -0.2) is 4.99 Å². The lowest BCUT2D eigenvalue weighted by Gasteiger charge is -2.06. The molecular formula is C22H18N2O4. The number of amides is 1. The van der Waals surface area contributed by atoms with Crippen LogP contribution in [0.25, 0.3) is 11.0 Å². The zero-order valence-electron chi connectivity index (χ0n) is 15.2. The van der Waals surface area contributed by atoms with Crippen molar-refractivity contribution < 1.29 is 18.7 Å². The fourth-order valence-corrected chi connectivity index (χ4v) is 2.84. The first-order valence-corrected chi connectivity index (χ1v) is 8.77. The van der Waals surface area contributed by atoms with E-state index in [4.69, 9.17) is 8.83 Å². The van der Waals surface area contributed by atoms with Crippen LogP contribution >= 0.6 is 0 Å². The molecule has 0 saturated carbocycles. The number of phenols is 1. The van der Waals surface area contributed by atoms with Gasteiger partial charge in [-0.05, 0) is 55.0 Å². The maximum Gasteiger partial charge on any atom is 0.257 e. The van der Waals surface area contributed by atoms with Gasteiger partial charge in [0.15, 0.2) is 0 Å². The Kier molecular flexibility index (Phi) is 4.68. The van der Waals surface area contributed by atoms with E-state index in [2.05, 4.69) is 10.3 Å². The maximum absolute atomic E-state index is 12.8. The lowest BCUT2D eigenvalue weighted by Crippen LogP contribution is -2.28. The van der Waals surface area contributed by atoms with Gasteiger partial charge in [-0.15, -0.1) is 0 Å². The molecule has 4 rings (SSSR count). The van der Waals surface area contributed by atoms with Gasteiger partial charge in [0.05, 0.1) is 18.5 Å². The molecule has 0 aliphatic carbocycles. The van der Waals surface area contributed by atoms with Gasteiger partial charge in [-0.3, -0.25) is 4.79 Å². The first kappa shape index (κ1) is 17.6. The van der Waals surface area contributed by atoms with Gasteiger partial charge in [0.1, 0.15) is 22.7 Å². The van der Waals surface area contributed by atoms with Crippen LogP contribution in [-0.2, 0) is 6.54 Å². The van der Waals surface area contributed by atoms with Gasteiger partial charge < -0.3 is 19.3 Å². The van der Waals surface area contributed by atoms with Crippen molar-refractivity contribution in [1.29, 1.82) is 0 Å². The van der Waals surface area contributed by atoms with Crippen molar-refractivity contribution in [3.05, 3.63) is 89.4 Å². The number of phenolic OH excluding ortho intramolecular Hbond substituents is 1. The van der Waals surface area contributed by atoms with Crippen LogP contribution in [0, 0.1) is 6.92 Å². The fraction of sp³-hybridized carbons (Fsp3) is 0.0909. The number of carbonyl (C=O) groups is 1.